The Morgan fingerprint density at radius 2 is 1.32 bits per heavy atom. The first-order valence-corrected chi connectivity index (χ1v) is 11.3. The van der Waals surface area contributed by atoms with Gasteiger partial charge in [-0.1, -0.05) is 68.3 Å². The second-order valence-corrected chi connectivity index (χ2v) is 8.18. The van der Waals surface area contributed by atoms with E-state index >= 15 is 0 Å². The fourth-order valence-corrected chi connectivity index (χ4v) is 3.50. The summed E-state index contributed by atoms with van der Waals surface area (Å²) < 4.78 is 11.9. The molecule has 0 saturated heterocycles. The Hall–Kier alpha value is -2.78. The van der Waals surface area contributed by atoms with E-state index < -0.39 is 6.10 Å². The van der Waals surface area contributed by atoms with Crippen molar-refractivity contribution in [1.29, 1.82) is 0 Å². The van der Waals surface area contributed by atoms with Crippen molar-refractivity contribution in [3.05, 3.63) is 83.9 Å². The van der Waals surface area contributed by atoms with Crippen LogP contribution in [0.3, 0.4) is 0 Å². The van der Waals surface area contributed by atoms with Gasteiger partial charge in [0, 0.05) is 0 Å². The van der Waals surface area contributed by atoms with Gasteiger partial charge in [0.15, 0.2) is 0 Å². The van der Waals surface area contributed by atoms with E-state index in [0.29, 0.717) is 6.61 Å². The molecule has 3 heteroatoms. The van der Waals surface area contributed by atoms with E-state index in [1.54, 1.807) is 6.92 Å². The average molecular weight is 419 g/mol. The summed E-state index contributed by atoms with van der Waals surface area (Å²) in [6, 6.07) is 24.3. The van der Waals surface area contributed by atoms with Crippen LogP contribution in [0.5, 0.6) is 11.5 Å². The highest BCUT2D eigenvalue weighted by Crippen LogP contribution is 2.25. The van der Waals surface area contributed by atoms with Crippen molar-refractivity contribution in [1.82, 2.24) is 0 Å². The molecule has 2 atom stereocenters. The summed E-state index contributed by atoms with van der Waals surface area (Å²) >= 11 is 0. The highest BCUT2D eigenvalue weighted by Gasteiger charge is 2.05. The zero-order chi connectivity index (χ0) is 22.1. The normalized spacial score (nSPS) is 12.9. The van der Waals surface area contributed by atoms with Crippen LogP contribution < -0.4 is 9.47 Å². The van der Waals surface area contributed by atoms with Gasteiger partial charge in [0.1, 0.15) is 18.1 Å². The van der Waals surface area contributed by atoms with Crippen LogP contribution in [0.2, 0.25) is 0 Å². The summed E-state index contributed by atoms with van der Waals surface area (Å²) in [4.78, 5) is 0. The van der Waals surface area contributed by atoms with Gasteiger partial charge in [0.25, 0.3) is 0 Å². The Labute approximate surface area is 186 Å². The molecule has 0 fully saturated rings. The lowest BCUT2D eigenvalue weighted by atomic mass is 10.0. The monoisotopic (exact) mass is 418 g/mol. The molecule has 164 valence electrons. The van der Waals surface area contributed by atoms with Crippen LogP contribution in [0.1, 0.15) is 63.7 Å². The van der Waals surface area contributed by atoms with Gasteiger partial charge in [0.05, 0.1) is 12.2 Å². The molecule has 31 heavy (non-hydrogen) atoms. The van der Waals surface area contributed by atoms with Crippen molar-refractivity contribution in [3.63, 3.8) is 0 Å². The van der Waals surface area contributed by atoms with Gasteiger partial charge in [-0.25, -0.2) is 0 Å². The Balaban J connectivity index is 1.52. The van der Waals surface area contributed by atoms with Crippen LogP contribution in [0.15, 0.2) is 72.8 Å². The molecule has 0 heterocycles. The number of ether oxygens (including phenoxy) is 2. The van der Waals surface area contributed by atoms with Crippen LogP contribution in [0.25, 0.3) is 11.1 Å². The molecule has 0 aliphatic carbocycles. The van der Waals surface area contributed by atoms with Crippen molar-refractivity contribution in [2.75, 3.05) is 0 Å². The molecule has 3 aromatic carbocycles. The third-order valence-corrected chi connectivity index (χ3v) is 5.46. The Bertz CT molecular complexity index is 896. The summed E-state index contributed by atoms with van der Waals surface area (Å²) in [5.74, 6) is 1.73. The summed E-state index contributed by atoms with van der Waals surface area (Å²) in [5.41, 5.74) is 4.35. The number of benzene rings is 3. The largest absolute Gasteiger partial charge is 0.491 e. The molecule has 0 aliphatic heterocycles. The van der Waals surface area contributed by atoms with Crippen molar-refractivity contribution < 1.29 is 14.6 Å². The first-order valence-electron chi connectivity index (χ1n) is 11.3. The van der Waals surface area contributed by atoms with Crippen LogP contribution in [-0.4, -0.2) is 11.2 Å². The predicted octanol–water partition coefficient (Wildman–Crippen LogP) is 7.33. The van der Waals surface area contributed by atoms with E-state index in [1.807, 2.05) is 24.3 Å². The third-order valence-electron chi connectivity index (χ3n) is 5.46. The number of rotatable bonds is 11. The van der Waals surface area contributed by atoms with Gasteiger partial charge in [-0.3, -0.25) is 0 Å². The van der Waals surface area contributed by atoms with E-state index in [1.165, 1.54) is 30.4 Å². The molecule has 0 aromatic heterocycles. The maximum absolute atomic E-state index is 9.59. The highest BCUT2D eigenvalue weighted by molar-refractivity contribution is 5.64. The van der Waals surface area contributed by atoms with Crippen molar-refractivity contribution in [3.8, 4) is 22.6 Å². The average Bonchev–Trinajstić information content (AvgIpc) is 2.79. The van der Waals surface area contributed by atoms with Gasteiger partial charge in [-0.15, -0.1) is 0 Å². The van der Waals surface area contributed by atoms with Crippen molar-refractivity contribution in [2.45, 2.75) is 65.3 Å². The number of aliphatic hydroxyl groups is 1. The molecule has 0 spiro atoms. The first kappa shape index (κ1) is 22.9. The van der Waals surface area contributed by atoms with Crippen LogP contribution in [0.4, 0.5) is 0 Å². The zero-order valence-corrected chi connectivity index (χ0v) is 18.9. The number of hydrogen-bond acceptors (Lipinski definition) is 3. The van der Waals surface area contributed by atoms with E-state index in [-0.39, 0.29) is 6.10 Å². The summed E-state index contributed by atoms with van der Waals surface area (Å²) in [5, 5.41) is 9.59. The Morgan fingerprint density at radius 1 is 0.742 bits per heavy atom. The van der Waals surface area contributed by atoms with Crippen LogP contribution in [0, 0.1) is 0 Å². The molecular weight excluding hydrogens is 384 g/mol. The molecule has 0 aliphatic rings. The highest BCUT2D eigenvalue weighted by atomic mass is 16.5. The Morgan fingerprint density at radius 3 is 1.90 bits per heavy atom. The lowest BCUT2D eigenvalue weighted by molar-refractivity contribution is 0.199. The van der Waals surface area contributed by atoms with E-state index in [2.05, 4.69) is 62.4 Å². The van der Waals surface area contributed by atoms with Gasteiger partial charge < -0.3 is 14.6 Å². The molecule has 0 saturated carbocycles. The second kappa shape index (κ2) is 11.6. The lowest BCUT2D eigenvalue weighted by Crippen LogP contribution is -2.11. The molecular formula is C28H34O3. The zero-order valence-electron chi connectivity index (χ0n) is 18.9. The standard InChI is InChI=1S/C28H34O3/c1-4-5-6-7-21(2)31-28-18-14-26(15-19-28)25-10-8-23(9-11-25)20-30-27-16-12-24(13-17-27)22(3)29/h8-19,21-22,29H,4-7,20H2,1-3H3. The minimum atomic E-state index is -0.462. The molecule has 3 aromatic rings. The van der Waals surface area contributed by atoms with Crippen LogP contribution >= 0.6 is 0 Å². The van der Waals surface area contributed by atoms with Gasteiger partial charge in [0.2, 0.25) is 0 Å². The van der Waals surface area contributed by atoms with E-state index in [4.69, 9.17) is 9.47 Å². The summed E-state index contributed by atoms with van der Waals surface area (Å²) in [6.07, 6.45) is 4.62. The Kier molecular flexibility index (Phi) is 8.54. The smallest absolute Gasteiger partial charge is 0.119 e. The molecule has 1 N–H and O–H groups in total. The summed E-state index contributed by atoms with van der Waals surface area (Å²) in [6.45, 7) is 6.64. The van der Waals surface area contributed by atoms with Crippen LogP contribution in [-0.2, 0) is 6.61 Å². The molecule has 0 radical (unpaired) electrons. The van der Waals surface area contributed by atoms with Gasteiger partial charge in [-0.2, -0.15) is 0 Å². The van der Waals surface area contributed by atoms with E-state index in [9.17, 15) is 5.11 Å². The second-order valence-electron chi connectivity index (χ2n) is 8.18. The van der Waals surface area contributed by atoms with Crippen molar-refractivity contribution in [2.24, 2.45) is 0 Å². The molecule has 0 amide bonds. The minimum Gasteiger partial charge on any atom is -0.491 e. The van der Waals surface area contributed by atoms with Gasteiger partial charge >= 0.3 is 0 Å². The quantitative estimate of drug-likeness (QED) is 0.331. The fourth-order valence-electron chi connectivity index (χ4n) is 3.50. The fraction of sp³-hybridized carbons (Fsp3) is 0.357. The topological polar surface area (TPSA) is 38.7 Å². The number of aliphatic hydroxyl groups excluding tert-OH is 1. The van der Waals surface area contributed by atoms with Crippen molar-refractivity contribution >= 4 is 0 Å². The lowest BCUT2D eigenvalue weighted by Gasteiger charge is -2.15. The maximum atomic E-state index is 9.59. The predicted molar refractivity (Wildman–Crippen MR) is 128 cm³/mol. The minimum absolute atomic E-state index is 0.250. The first-order chi connectivity index (χ1) is 15.0. The molecule has 2 unspecified atom stereocenters. The number of unbranched alkanes of at least 4 members (excludes halogenated alkanes) is 2. The molecule has 3 rings (SSSR count). The number of hydrogen-bond donors (Lipinski definition) is 1. The van der Waals surface area contributed by atoms with Gasteiger partial charge in [-0.05, 0) is 73.2 Å². The maximum Gasteiger partial charge on any atom is 0.119 e. The molecule has 3 nitrogen and oxygen atoms in total. The third kappa shape index (κ3) is 7.15. The summed E-state index contributed by atoms with van der Waals surface area (Å²) in [7, 11) is 0. The molecule has 0 bridgehead atoms. The van der Waals surface area contributed by atoms with E-state index in [0.717, 1.165) is 29.0 Å². The SMILES string of the molecule is CCCCCC(C)Oc1ccc(-c2ccc(COc3ccc(C(C)O)cc3)cc2)cc1.